The summed E-state index contributed by atoms with van der Waals surface area (Å²) in [6.07, 6.45) is 0.517. The lowest BCUT2D eigenvalue weighted by molar-refractivity contribution is -0.305. The minimum absolute atomic E-state index is 0.0270. The summed E-state index contributed by atoms with van der Waals surface area (Å²) < 4.78 is 0. The Bertz CT molecular complexity index is 681. The monoisotopic (exact) mass is 339 g/mol. The van der Waals surface area contributed by atoms with Crippen LogP contribution in [0, 0.1) is 6.92 Å². The summed E-state index contributed by atoms with van der Waals surface area (Å²) in [5, 5.41) is 19.2. The molecule has 0 bridgehead atoms. The lowest BCUT2D eigenvalue weighted by atomic mass is 10.3. The van der Waals surface area contributed by atoms with Gasteiger partial charge in [-0.05, 0) is 19.8 Å². The van der Waals surface area contributed by atoms with Crippen molar-refractivity contribution in [2.75, 3.05) is 17.2 Å². The van der Waals surface area contributed by atoms with Gasteiger partial charge in [-0.15, -0.1) is 11.3 Å². The molecule has 0 fully saturated rings. The Labute approximate surface area is 135 Å². The summed E-state index contributed by atoms with van der Waals surface area (Å²) in [7, 11) is 0. The number of amides is 1. The first-order valence-corrected chi connectivity index (χ1v) is 8.30. The predicted molar refractivity (Wildman–Crippen MR) is 85.0 cm³/mol. The standard InChI is InChI=1S/C13H16N4O3S2/c1-7-11(22-13(15-7)16-8(2)18)9-6-21-12(17-9)14-5-3-4-10(19)20/h6H,3-5H2,1-2H3,(H,14,17)(H,19,20)(H,15,16,18)/p-1. The van der Waals surface area contributed by atoms with E-state index in [1.165, 1.54) is 29.6 Å². The molecule has 9 heteroatoms. The Hall–Kier alpha value is -2.00. The van der Waals surface area contributed by atoms with E-state index in [0.717, 1.165) is 21.4 Å². The first-order valence-electron chi connectivity index (χ1n) is 6.60. The molecule has 0 spiro atoms. The van der Waals surface area contributed by atoms with E-state index in [1.807, 2.05) is 12.3 Å². The van der Waals surface area contributed by atoms with Gasteiger partial charge in [0.1, 0.15) is 0 Å². The number of thiazole rings is 2. The molecular weight excluding hydrogens is 324 g/mol. The van der Waals surface area contributed by atoms with E-state index in [1.54, 1.807) is 0 Å². The molecule has 0 aliphatic rings. The molecule has 2 N–H and O–H groups in total. The SMILES string of the molecule is CC(=O)Nc1nc(C)c(-c2csc(NCCCC(=O)[O-])n2)s1. The third-order valence-electron chi connectivity index (χ3n) is 2.65. The van der Waals surface area contributed by atoms with Crippen LogP contribution in [0.4, 0.5) is 10.3 Å². The Morgan fingerprint density at radius 1 is 1.32 bits per heavy atom. The maximum Gasteiger partial charge on any atom is 0.223 e. The second-order valence-electron chi connectivity index (χ2n) is 4.55. The van der Waals surface area contributed by atoms with Crippen molar-refractivity contribution in [1.29, 1.82) is 0 Å². The molecule has 2 aromatic heterocycles. The third kappa shape index (κ3) is 4.50. The van der Waals surface area contributed by atoms with Gasteiger partial charge in [-0.25, -0.2) is 9.97 Å². The van der Waals surface area contributed by atoms with Crippen molar-refractivity contribution in [3.63, 3.8) is 0 Å². The van der Waals surface area contributed by atoms with Crippen LogP contribution >= 0.6 is 22.7 Å². The number of rotatable bonds is 7. The molecule has 2 rings (SSSR count). The largest absolute Gasteiger partial charge is 0.550 e. The number of aryl methyl sites for hydroxylation is 1. The quantitative estimate of drug-likeness (QED) is 0.740. The summed E-state index contributed by atoms with van der Waals surface area (Å²) in [4.78, 5) is 31.0. The summed E-state index contributed by atoms with van der Waals surface area (Å²) >= 11 is 2.82. The van der Waals surface area contributed by atoms with Gasteiger partial charge in [0, 0.05) is 24.8 Å². The van der Waals surface area contributed by atoms with E-state index in [9.17, 15) is 14.7 Å². The van der Waals surface area contributed by atoms with Crippen LogP contribution in [0.3, 0.4) is 0 Å². The van der Waals surface area contributed by atoms with Gasteiger partial charge < -0.3 is 20.5 Å². The highest BCUT2D eigenvalue weighted by Crippen LogP contribution is 2.34. The van der Waals surface area contributed by atoms with E-state index < -0.39 is 5.97 Å². The topological polar surface area (TPSA) is 107 Å². The number of carbonyl (C=O) groups is 2. The molecule has 0 aliphatic heterocycles. The molecular formula is C13H15N4O3S2-. The normalized spacial score (nSPS) is 10.5. The fourth-order valence-corrected chi connectivity index (χ4v) is 3.50. The van der Waals surface area contributed by atoms with Gasteiger partial charge in [-0.1, -0.05) is 11.3 Å². The van der Waals surface area contributed by atoms with Crippen molar-refractivity contribution >= 4 is 44.8 Å². The van der Waals surface area contributed by atoms with Gasteiger partial charge in [0.15, 0.2) is 10.3 Å². The summed E-state index contributed by atoms with van der Waals surface area (Å²) in [5.74, 6) is -1.21. The molecule has 2 heterocycles. The Morgan fingerprint density at radius 2 is 2.09 bits per heavy atom. The van der Waals surface area contributed by atoms with Crippen LogP contribution in [0.5, 0.6) is 0 Å². The van der Waals surface area contributed by atoms with Gasteiger partial charge in [-0.2, -0.15) is 0 Å². The number of aliphatic carboxylic acids is 1. The van der Waals surface area contributed by atoms with Crippen molar-refractivity contribution in [1.82, 2.24) is 9.97 Å². The van der Waals surface area contributed by atoms with Crippen LogP contribution in [0.1, 0.15) is 25.5 Å². The van der Waals surface area contributed by atoms with Crippen molar-refractivity contribution in [3.8, 4) is 10.6 Å². The van der Waals surface area contributed by atoms with E-state index in [2.05, 4.69) is 20.6 Å². The van der Waals surface area contributed by atoms with E-state index >= 15 is 0 Å². The molecule has 0 aromatic carbocycles. The number of anilines is 2. The number of hydrogen-bond donors (Lipinski definition) is 2. The molecule has 118 valence electrons. The highest BCUT2D eigenvalue weighted by molar-refractivity contribution is 7.19. The molecule has 7 nitrogen and oxygen atoms in total. The Kier molecular flexibility index (Phi) is 5.45. The van der Waals surface area contributed by atoms with Crippen LogP contribution in [-0.2, 0) is 9.59 Å². The summed E-state index contributed by atoms with van der Waals surface area (Å²) in [6.45, 7) is 3.83. The van der Waals surface area contributed by atoms with E-state index in [-0.39, 0.29) is 12.3 Å². The Balaban J connectivity index is 2.00. The second kappa shape index (κ2) is 7.32. The predicted octanol–water partition coefficient (Wildman–Crippen LogP) is 1.48. The maximum absolute atomic E-state index is 11.1. The van der Waals surface area contributed by atoms with Crippen LogP contribution in [0.25, 0.3) is 10.6 Å². The molecule has 0 aliphatic carbocycles. The number of carboxylic acid groups (broad SMARTS) is 1. The molecule has 2 aromatic rings. The Morgan fingerprint density at radius 3 is 2.77 bits per heavy atom. The molecule has 0 unspecified atom stereocenters. The van der Waals surface area contributed by atoms with Crippen molar-refractivity contribution in [2.24, 2.45) is 0 Å². The van der Waals surface area contributed by atoms with Crippen molar-refractivity contribution in [3.05, 3.63) is 11.1 Å². The van der Waals surface area contributed by atoms with Crippen molar-refractivity contribution < 1.29 is 14.7 Å². The molecule has 0 saturated carbocycles. The number of nitrogens with one attached hydrogen (secondary N) is 2. The lowest BCUT2D eigenvalue weighted by Crippen LogP contribution is -2.22. The second-order valence-corrected chi connectivity index (χ2v) is 6.41. The number of aromatic nitrogens is 2. The van der Waals surface area contributed by atoms with Crippen LogP contribution in [-0.4, -0.2) is 28.4 Å². The van der Waals surface area contributed by atoms with Gasteiger partial charge in [0.25, 0.3) is 0 Å². The van der Waals surface area contributed by atoms with E-state index in [4.69, 9.17) is 0 Å². The minimum Gasteiger partial charge on any atom is -0.550 e. The molecule has 22 heavy (non-hydrogen) atoms. The van der Waals surface area contributed by atoms with Crippen LogP contribution in [0.15, 0.2) is 5.38 Å². The zero-order valence-electron chi connectivity index (χ0n) is 12.1. The number of nitrogens with zero attached hydrogens (tertiary/aromatic N) is 2. The first-order chi connectivity index (χ1) is 10.5. The smallest absolute Gasteiger partial charge is 0.223 e. The van der Waals surface area contributed by atoms with Crippen LogP contribution in [0.2, 0.25) is 0 Å². The summed E-state index contributed by atoms with van der Waals surface area (Å²) in [5.41, 5.74) is 1.60. The lowest BCUT2D eigenvalue weighted by Gasteiger charge is -2.02. The van der Waals surface area contributed by atoms with Crippen LogP contribution < -0.4 is 15.7 Å². The highest BCUT2D eigenvalue weighted by Gasteiger charge is 2.13. The summed E-state index contributed by atoms with van der Waals surface area (Å²) in [6, 6.07) is 0. The van der Waals surface area contributed by atoms with Gasteiger partial charge >= 0.3 is 0 Å². The van der Waals surface area contributed by atoms with E-state index in [0.29, 0.717) is 18.1 Å². The molecule has 0 saturated heterocycles. The van der Waals surface area contributed by atoms with Gasteiger partial charge in [0.05, 0.1) is 16.3 Å². The highest BCUT2D eigenvalue weighted by atomic mass is 32.1. The molecule has 0 radical (unpaired) electrons. The minimum atomic E-state index is -1.05. The average Bonchev–Trinajstić information content (AvgIpc) is 3.00. The number of hydrogen-bond acceptors (Lipinski definition) is 8. The van der Waals surface area contributed by atoms with Gasteiger partial charge in [-0.3, -0.25) is 4.79 Å². The van der Waals surface area contributed by atoms with Crippen molar-refractivity contribution in [2.45, 2.75) is 26.7 Å². The van der Waals surface area contributed by atoms with Gasteiger partial charge in [0.2, 0.25) is 5.91 Å². The zero-order valence-corrected chi connectivity index (χ0v) is 13.8. The maximum atomic E-state index is 11.1. The zero-order chi connectivity index (χ0) is 16.1. The number of carbonyl (C=O) groups excluding carboxylic acids is 2. The average molecular weight is 339 g/mol. The molecule has 1 amide bonds. The third-order valence-corrected chi connectivity index (χ3v) is 4.55. The fourth-order valence-electron chi connectivity index (χ4n) is 1.73. The fraction of sp³-hybridized carbons (Fsp3) is 0.385. The first kappa shape index (κ1) is 16.4. The molecule has 0 atom stereocenters. The number of carboxylic acids is 1.